The van der Waals surface area contributed by atoms with Gasteiger partial charge in [0.1, 0.15) is 12.4 Å². The number of halogens is 1. The van der Waals surface area contributed by atoms with Gasteiger partial charge in [0, 0.05) is 16.6 Å². The number of nitrogens with one attached hydrogen (secondary N) is 1. The maximum absolute atomic E-state index is 9.97. The summed E-state index contributed by atoms with van der Waals surface area (Å²) in [6.45, 7) is 0.556. The van der Waals surface area contributed by atoms with Crippen LogP contribution in [-0.4, -0.2) is 24.8 Å². The van der Waals surface area contributed by atoms with E-state index in [0.29, 0.717) is 23.8 Å². The lowest BCUT2D eigenvalue weighted by Crippen LogP contribution is -2.31. The van der Waals surface area contributed by atoms with E-state index in [1.807, 2.05) is 13.1 Å². The van der Waals surface area contributed by atoms with Crippen LogP contribution in [0, 0.1) is 0 Å². The first-order valence-corrected chi connectivity index (χ1v) is 5.36. The van der Waals surface area contributed by atoms with Crippen LogP contribution in [0.15, 0.2) is 18.2 Å². The molecule has 2 atom stereocenters. The lowest BCUT2D eigenvalue weighted by atomic mass is 10.0. The zero-order chi connectivity index (χ0) is 10.8. The summed E-state index contributed by atoms with van der Waals surface area (Å²) in [4.78, 5) is 0. The fourth-order valence-corrected chi connectivity index (χ4v) is 1.93. The van der Waals surface area contributed by atoms with Crippen molar-refractivity contribution in [1.82, 2.24) is 5.32 Å². The van der Waals surface area contributed by atoms with Crippen LogP contribution in [0.4, 0.5) is 0 Å². The minimum Gasteiger partial charge on any atom is -0.492 e. The van der Waals surface area contributed by atoms with Crippen LogP contribution >= 0.6 is 11.6 Å². The summed E-state index contributed by atoms with van der Waals surface area (Å²) in [6.07, 6.45) is 0.169. The van der Waals surface area contributed by atoms with Crippen LogP contribution in [0.25, 0.3) is 0 Å². The summed E-state index contributed by atoms with van der Waals surface area (Å²) in [5, 5.41) is 13.7. The molecule has 0 radical (unpaired) electrons. The van der Waals surface area contributed by atoms with Gasteiger partial charge in [-0.3, -0.25) is 0 Å². The van der Waals surface area contributed by atoms with Crippen molar-refractivity contribution in [2.75, 3.05) is 13.7 Å². The SMILES string of the molecule is CN[C@H]1COc2cc(Cl)ccc2[C@@H](O)C1. The van der Waals surface area contributed by atoms with E-state index in [0.717, 1.165) is 5.56 Å². The van der Waals surface area contributed by atoms with Crippen molar-refractivity contribution < 1.29 is 9.84 Å². The molecule has 0 saturated heterocycles. The lowest BCUT2D eigenvalue weighted by Gasteiger charge is -2.14. The molecule has 1 aliphatic heterocycles. The second kappa shape index (κ2) is 4.39. The Morgan fingerprint density at radius 3 is 3.07 bits per heavy atom. The van der Waals surface area contributed by atoms with Crippen molar-refractivity contribution in [2.24, 2.45) is 0 Å². The van der Waals surface area contributed by atoms with Crippen molar-refractivity contribution >= 4 is 11.6 Å². The molecule has 1 heterocycles. The number of likely N-dealkylation sites (N-methyl/N-ethyl adjacent to an activating group) is 1. The summed E-state index contributed by atoms with van der Waals surface area (Å²) >= 11 is 5.87. The van der Waals surface area contributed by atoms with Gasteiger partial charge in [0.15, 0.2) is 0 Å². The summed E-state index contributed by atoms with van der Waals surface area (Å²) in [5.41, 5.74) is 0.817. The molecule has 0 amide bonds. The molecule has 2 N–H and O–H groups in total. The van der Waals surface area contributed by atoms with Crippen LogP contribution in [-0.2, 0) is 0 Å². The number of rotatable bonds is 1. The Labute approximate surface area is 94.0 Å². The Morgan fingerprint density at radius 2 is 2.33 bits per heavy atom. The summed E-state index contributed by atoms with van der Waals surface area (Å²) in [7, 11) is 1.86. The smallest absolute Gasteiger partial charge is 0.126 e. The predicted octanol–water partition coefficient (Wildman–Crippen LogP) is 1.74. The van der Waals surface area contributed by atoms with Crippen LogP contribution in [0.1, 0.15) is 18.1 Å². The van der Waals surface area contributed by atoms with Gasteiger partial charge in [-0.2, -0.15) is 0 Å². The van der Waals surface area contributed by atoms with Crippen LogP contribution < -0.4 is 10.1 Å². The number of aliphatic hydroxyl groups excluding tert-OH is 1. The van der Waals surface area contributed by atoms with Gasteiger partial charge in [-0.25, -0.2) is 0 Å². The molecule has 1 aromatic carbocycles. The molecule has 2 rings (SSSR count). The quantitative estimate of drug-likeness (QED) is 0.768. The minimum absolute atomic E-state index is 0.172. The van der Waals surface area contributed by atoms with Crippen molar-refractivity contribution in [1.29, 1.82) is 0 Å². The Morgan fingerprint density at radius 1 is 1.53 bits per heavy atom. The summed E-state index contributed by atoms with van der Waals surface area (Å²) < 4.78 is 5.60. The lowest BCUT2D eigenvalue weighted by molar-refractivity contribution is 0.153. The number of ether oxygens (including phenoxy) is 1. The number of hydrogen-bond acceptors (Lipinski definition) is 3. The highest BCUT2D eigenvalue weighted by molar-refractivity contribution is 6.30. The highest BCUT2D eigenvalue weighted by atomic mass is 35.5. The molecule has 0 saturated carbocycles. The molecule has 1 aromatic rings. The van der Waals surface area contributed by atoms with E-state index in [2.05, 4.69) is 5.32 Å². The molecule has 1 aliphatic rings. The minimum atomic E-state index is -0.489. The molecule has 82 valence electrons. The monoisotopic (exact) mass is 227 g/mol. The summed E-state index contributed by atoms with van der Waals surface area (Å²) in [6, 6.07) is 5.51. The molecular weight excluding hydrogens is 214 g/mol. The number of fused-ring (bicyclic) bond motifs is 1. The van der Waals surface area contributed by atoms with Gasteiger partial charge in [0.05, 0.1) is 6.10 Å². The number of benzene rings is 1. The zero-order valence-electron chi connectivity index (χ0n) is 8.53. The Bertz CT molecular complexity index is 356. The van der Waals surface area contributed by atoms with Gasteiger partial charge in [-0.05, 0) is 25.6 Å². The molecular formula is C11H14ClNO2. The third kappa shape index (κ3) is 2.25. The fraction of sp³-hybridized carbons (Fsp3) is 0.455. The van der Waals surface area contributed by atoms with E-state index in [1.165, 1.54) is 0 Å². The van der Waals surface area contributed by atoms with Crippen molar-refractivity contribution in [3.8, 4) is 5.75 Å². The molecule has 0 bridgehead atoms. The average molecular weight is 228 g/mol. The van der Waals surface area contributed by atoms with E-state index in [-0.39, 0.29) is 6.04 Å². The summed E-state index contributed by atoms with van der Waals surface area (Å²) in [5.74, 6) is 0.688. The first-order chi connectivity index (χ1) is 7.20. The second-order valence-corrected chi connectivity index (χ2v) is 4.17. The third-order valence-corrected chi connectivity index (χ3v) is 2.93. The second-order valence-electron chi connectivity index (χ2n) is 3.73. The van der Waals surface area contributed by atoms with Gasteiger partial charge < -0.3 is 15.2 Å². The van der Waals surface area contributed by atoms with Gasteiger partial charge in [-0.15, -0.1) is 0 Å². The maximum Gasteiger partial charge on any atom is 0.126 e. The Hall–Kier alpha value is -0.770. The van der Waals surface area contributed by atoms with E-state index in [1.54, 1.807) is 12.1 Å². The van der Waals surface area contributed by atoms with Gasteiger partial charge >= 0.3 is 0 Å². The molecule has 0 fully saturated rings. The first-order valence-electron chi connectivity index (χ1n) is 4.98. The van der Waals surface area contributed by atoms with Crippen LogP contribution in [0.2, 0.25) is 5.02 Å². The first kappa shape index (κ1) is 10.7. The molecule has 4 heteroatoms. The van der Waals surface area contributed by atoms with Crippen LogP contribution in [0.3, 0.4) is 0 Å². The fourth-order valence-electron chi connectivity index (χ4n) is 1.76. The van der Waals surface area contributed by atoms with Gasteiger partial charge in [0.25, 0.3) is 0 Å². The van der Waals surface area contributed by atoms with E-state index in [4.69, 9.17) is 16.3 Å². The Balaban J connectivity index is 2.30. The molecule has 0 unspecified atom stereocenters. The van der Waals surface area contributed by atoms with Crippen molar-refractivity contribution in [3.05, 3.63) is 28.8 Å². The van der Waals surface area contributed by atoms with Gasteiger partial charge in [-0.1, -0.05) is 17.7 Å². The number of aliphatic hydroxyl groups is 1. The molecule has 15 heavy (non-hydrogen) atoms. The van der Waals surface area contributed by atoms with E-state index >= 15 is 0 Å². The largest absolute Gasteiger partial charge is 0.492 e. The number of hydrogen-bond donors (Lipinski definition) is 2. The average Bonchev–Trinajstić information content (AvgIpc) is 2.38. The topological polar surface area (TPSA) is 41.5 Å². The third-order valence-electron chi connectivity index (χ3n) is 2.69. The van der Waals surface area contributed by atoms with Crippen molar-refractivity contribution in [3.63, 3.8) is 0 Å². The molecule has 0 spiro atoms. The van der Waals surface area contributed by atoms with E-state index in [9.17, 15) is 5.11 Å². The highest BCUT2D eigenvalue weighted by Gasteiger charge is 2.23. The highest BCUT2D eigenvalue weighted by Crippen LogP contribution is 2.33. The molecule has 0 aliphatic carbocycles. The van der Waals surface area contributed by atoms with Crippen LogP contribution in [0.5, 0.6) is 5.75 Å². The molecule has 3 nitrogen and oxygen atoms in total. The maximum atomic E-state index is 9.97. The predicted molar refractivity (Wildman–Crippen MR) is 59.4 cm³/mol. The Kier molecular flexibility index (Phi) is 3.14. The zero-order valence-corrected chi connectivity index (χ0v) is 9.29. The normalized spacial score (nSPS) is 25.3. The van der Waals surface area contributed by atoms with E-state index < -0.39 is 6.10 Å². The molecule has 0 aromatic heterocycles. The standard InChI is InChI=1S/C11H14ClNO2/c1-13-8-5-10(14)9-3-2-7(12)4-11(9)15-6-8/h2-4,8,10,13-14H,5-6H2,1H3/t8-,10+/m1/s1. The van der Waals surface area contributed by atoms with Crippen molar-refractivity contribution in [2.45, 2.75) is 18.6 Å². The van der Waals surface area contributed by atoms with Gasteiger partial charge in [0.2, 0.25) is 0 Å².